The Balaban J connectivity index is 2.77. The molecular formula is C10H19N5O2S. The van der Waals surface area contributed by atoms with Gasteiger partial charge in [-0.2, -0.15) is 0 Å². The zero-order valence-corrected chi connectivity index (χ0v) is 11.6. The summed E-state index contributed by atoms with van der Waals surface area (Å²) in [5, 5.41) is 2.98. The number of nitrogens with two attached hydrogens (primary N) is 1. The molecule has 0 aliphatic carbocycles. The highest BCUT2D eigenvalue weighted by molar-refractivity contribution is 7.89. The quantitative estimate of drug-likeness (QED) is 0.680. The van der Waals surface area contributed by atoms with Crippen LogP contribution in [0.4, 0.5) is 11.6 Å². The molecule has 102 valence electrons. The fourth-order valence-electron chi connectivity index (χ4n) is 1.53. The molecule has 0 spiro atoms. The van der Waals surface area contributed by atoms with E-state index in [2.05, 4.69) is 20.0 Å². The summed E-state index contributed by atoms with van der Waals surface area (Å²) in [6.45, 7) is 4.22. The van der Waals surface area contributed by atoms with Crippen molar-refractivity contribution in [2.75, 3.05) is 30.4 Å². The standard InChI is InChI=1S/C10H19N5O2S/c1-7(2)8-9(11)14-6-15-10(8)13-4-5-18(16,17)12-3/h6-7,12H,4-5H2,1-3H3,(H3,11,13,14,15). The van der Waals surface area contributed by atoms with Crippen LogP contribution >= 0.6 is 0 Å². The van der Waals surface area contributed by atoms with Gasteiger partial charge in [0.25, 0.3) is 0 Å². The highest BCUT2D eigenvalue weighted by atomic mass is 32.2. The number of aromatic nitrogens is 2. The first-order valence-electron chi connectivity index (χ1n) is 5.63. The molecule has 1 aromatic heterocycles. The average Bonchev–Trinajstić information content (AvgIpc) is 2.28. The van der Waals surface area contributed by atoms with E-state index in [0.717, 1.165) is 5.56 Å². The van der Waals surface area contributed by atoms with Gasteiger partial charge < -0.3 is 11.1 Å². The summed E-state index contributed by atoms with van der Waals surface area (Å²) in [5.74, 6) is 1.14. The Labute approximate surface area is 107 Å². The molecule has 1 heterocycles. The maximum atomic E-state index is 11.3. The summed E-state index contributed by atoms with van der Waals surface area (Å²) in [7, 11) is -1.83. The molecule has 0 saturated carbocycles. The summed E-state index contributed by atoms with van der Waals surface area (Å²) < 4.78 is 24.8. The van der Waals surface area contributed by atoms with Crippen molar-refractivity contribution >= 4 is 21.7 Å². The Morgan fingerprint density at radius 3 is 2.61 bits per heavy atom. The minimum Gasteiger partial charge on any atom is -0.383 e. The third-order valence-electron chi connectivity index (χ3n) is 2.47. The fraction of sp³-hybridized carbons (Fsp3) is 0.600. The molecule has 1 aromatic rings. The van der Waals surface area contributed by atoms with Gasteiger partial charge in [-0.1, -0.05) is 13.8 Å². The first kappa shape index (κ1) is 14.7. The number of sulfonamides is 1. The lowest BCUT2D eigenvalue weighted by molar-refractivity contribution is 0.588. The van der Waals surface area contributed by atoms with E-state index in [1.807, 2.05) is 13.8 Å². The van der Waals surface area contributed by atoms with Crippen LogP contribution in [0.5, 0.6) is 0 Å². The SMILES string of the molecule is CNS(=O)(=O)CCNc1ncnc(N)c1C(C)C. The van der Waals surface area contributed by atoms with E-state index >= 15 is 0 Å². The number of nitrogen functional groups attached to an aromatic ring is 1. The molecule has 0 aliphatic rings. The van der Waals surface area contributed by atoms with Crippen LogP contribution < -0.4 is 15.8 Å². The van der Waals surface area contributed by atoms with E-state index in [4.69, 9.17) is 5.73 Å². The number of hydrogen-bond acceptors (Lipinski definition) is 6. The Morgan fingerprint density at radius 2 is 2.06 bits per heavy atom. The van der Waals surface area contributed by atoms with Gasteiger partial charge in [0.1, 0.15) is 18.0 Å². The van der Waals surface area contributed by atoms with Crippen molar-refractivity contribution in [3.8, 4) is 0 Å². The van der Waals surface area contributed by atoms with Gasteiger partial charge in [0, 0.05) is 12.1 Å². The maximum absolute atomic E-state index is 11.3. The third kappa shape index (κ3) is 3.81. The van der Waals surface area contributed by atoms with Crippen molar-refractivity contribution in [3.05, 3.63) is 11.9 Å². The average molecular weight is 273 g/mol. The second-order valence-electron chi connectivity index (χ2n) is 4.13. The molecule has 0 radical (unpaired) electrons. The van der Waals surface area contributed by atoms with E-state index < -0.39 is 10.0 Å². The van der Waals surface area contributed by atoms with Crippen LogP contribution in [0.25, 0.3) is 0 Å². The van der Waals surface area contributed by atoms with Gasteiger partial charge in [0.15, 0.2) is 0 Å². The molecule has 1 rings (SSSR count). The van der Waals surface area contributed by atoms with Crippen LogP contribution in [-0.2, 0) is 10.0 Å². The molecule has 0 aromatic carbocycles. The Hall–Kier alpha value is -1.41. The first-order valence-corrected chi connectivity index (χ1v) is 7.28. The summed E-state index contributed by atoms with van der Waals surface area (Å²) in [6.07, 6.45) is 1.36. The number of anilines is 2. The van der Waals surface area contributed by atoms with Gasteiger partial charge in [0.05, 0.1) is 5.75 Å². The number of nitrogens with zero attached hydrogens (tertiary/aromatic N) is 2. The highest BCUT2D eigenvalue weighted by Crippen LogP contribution is 2.25. The molecule has 0 amide bonds. The van der Waals surface area contributed by atoms with E-state index in [1.165, 1.54) is 13.4 Å². The summed E-state index contributed by atoms with van der Waals surface area (Å²) >= 11 is 0. The van der Waals surface area contributed by atoms with Crippen molar-refractivity contribution in [3.63, 3.8) is 0 Å². The summed E-state index contributed by atoms with van der Waals surface area (Å²) in [6, 6.07) is 0. The molecule has 7 nitrogen and oxygen atoms in total. The summed E-state index contributed by atoms with van der Waals surface area (Å²) in [5.41, 5.74) is 6.59. The first-order chi connectivity index (χ1) is 8.37. The van der Waals surface area contributed by atoms with E-state index in [-0.39, 0.29) is 18.2 Å². The predicted molar refractivity (Wildman–Crippen MR) is 71.9 cm³/mol. The molecule has 8 heteroatoms. The van der Waals surface area contributed by atoms with Crippen molar-refractivity contribution in [2.24, 2.45) is 0 Å². The number of nitrogens with one attached hydrogen (secondary N) is 2. The predicted octanol–water partition coefficient (Wildman–Crippen LogP) is 0.143. The van der Waals surface area contributed by atoms with Gasteiger partial charge >= 0.3 is 0 Å². The van der Waals surface area contributed by atoms with E-state index in [0.29, 0.717) is 11.6 Å². The molecule has 0 unspecified atom stereocenters. The van der Waals surface area contributed by atoms with Crippen molar-refractivity contribution in [2.45, 2.75) is 19.8 Å². The van der Waals surface area contributed by atoms with Crippen molar-refractivity contribution < 1.29 is 8.42 Å². The lowest BCUT2D eigenvalue weighted by atomic mass is 10.1. The minimum absolute atomic E-state index is 0.0229. The van der Waals surface area contributed by atoms with E-state index in [9.17, 15) is 8.42 Å². The zero-order chi connectivity index (χ0) is 13.8. The lowest BCUT2D eigenvalue weighted by Gasteiger charge is -2.14. The Kier molecular flexibility index (Phi) is 4.85. The van der Waals surface area contributed by atoms with Crippen molar-refractivity contribution in [1.29, 1.82) is 0 Å². The molecule has 0 atom stereocenters. The van der Waals surface area contributed by atoms with Gasteiger partial charge in [-0.15, -0.1) is 0 Å². The second-order valence-corrected chi connectivity index (χ2v) is 6.17. The second kappa shape index (κ2) is 5.96. The normalized spacial score (nSPS) is 11.8. The van der Waals surface area contributed by atoms with Gasteiger partial charge in [0.2, 0.25) is 10.0 Å². The van der Waals surface area contributed by atoms with Crippen LogP contribution in [0, 0.1) is 0 Å². The Bertz CT molecular complexity index is 501. The van der Waals surface area contributed by atoms with Crippen LogP contribution in [-0.4, -0.2) is 37.7 Å². The van der Waals surface area contributed by atoms with E-state index in [1.54, 1.807) is 0 Å². The zero-order valence-electron chi connectivity index (χ0n) is 10.8. The molecule has 0 saturated heterocycles. The molecular weight excluding hydrogens is 254 g/mol. The van der Waals surface area contributed by atoms with Gasteiger partial charge in [-0.3, -0.25) is 0 Å². The molecule has 0 fully saturated rings. The van der Waals surface area contributed by atoms with Crippen molar-refractivity contribution in [1.82, 2.24) is 14.7 Å². The molecule has 4 N–H and O–H groups in total. The smallest absolute Gasteiger partial charge is 0.213 e. The maximum Gasteiger partial charge on any atom is 0.213 e. The molecule has 0 aliphatic heterocycles. The van der Waals surface area contributed by atoms with Gasteiger partial charge in [-0.25, -0.2) is 23.1 Å². The summed E-state index contributed by atoms with van der Waals surface area (Å²) in [4.78, 5) is 8.02. The number of rotatable bonds is 6. The highest BCUT2D eigenvalue weighted by Gasteiger charge is 2.13. The van der Waals surface area contributed by atoms with Crippen LogP contribution in [0.1, 0.15) is 25.3 Å². The minimum atomic E-state index is -3.22. The van der Waals surface area contributed by atoms with Gasteiger partial charge in [-0.05, 0) is 13.0 Å². The monoisotopic (exact) mass is 273 g/mol. The molecule has 0 bridgehead atoms. The lowest BCUT2D eigenvalue weighted by Crippen LogP contribution is -2.26. The topological polar surface area (TPSA) is 110 Å². The fourth-order valence-corrected chi connectivity index (χ4v) is 2.10. The Morgan fingerprint density at radius 1 is 1.39 bits per heavy atom. The third-order valence-corrected chi connectivity index (χ3v) is 3.83. The van der Waals surface area contributed by atoms with Crippen LogP contribution in [0.2, 0.25) is 0 Å². The number of hydrogen-bond donors (Lipinski definition) is 3. The van der Waals surface area contributed by atoms with Crippen LogP contribution in [0.15, 0.2) is 6.33 Å². The largest absolute Gasteiger partial charge is 0.383 e. The molecule has 18 heavy (non-hydrogen) atoms. The van der Waals surface area contributed by atoms with Crippen LogP contribution in [0.3, 0.4) is 0 Å².